The van der Waals surface area contributed by atoms with Crippen LogP contribution < -0.4 is 4.74 Å². The number of pyridine rings is 1. The first-order chi connectivity index (χ1) is 8.95. The van der Waals surface area contributed by atoms with Gasteiger partial charge < -0.3 is 4.74 Å². The van der Waals surface area contributed by atoms with Gasteiger partial charge >= 0.3 is 6.18 Å². The second-order valence-electron chi connectivity index (χ2n) is 3.78. The van der Waals surface area contributed by atoms with Crippen LogP contribution in [0.2, 0.25) is 0 Å². The summed E-state index contributed by atoms with van der Waals surface area (Å²) in [5, 5.41) is 0. The lowest BCUT2D eigenvalue weighted by atomic mass is 10.1. The molecule has 0 spiro atoms. The number of hydrogen-bond donors (Lipinski definition) is 0. The van der Waals surface area contributed by atoms with Gasteiger partial charge in [-0.05, 0) is 39.7 Å². The molecule has 1 heterocycles. The second-order valence-corrected chi connectivity index (χ2v) is 4.59. The SMILES string of the molecule is FC(F)(F)c1ccc(COc2cccc(Br)n2)cc1. The third kappa shape index (κ3) is 3.96. The standard InChI is InChI=1S/C13H9BrF3NO/c14-11-2-1-3-12(18-11)19-8-9-4-6-10(7-5-9)13(15,16)17/h1-7H,8H2. The topological polar surface area (TPSA) is 22.1 Å². The first kappa shape index (κ1) is 13.9. The van der Waals surface area contributed by atoms with E-state index in [4.69, 9.17) is 4.74 Å². The Kier molecular flexibility index (Phi) is 4.09. The second kappa shape index (κ2) is 5.61. The van der Waals surface area contributed by atoms with Crippen LogP contribution in [0.4, 0.5) is 13.2 Å². The Labute approximate surface area is 116 Å². The lowest BCUT2D eigenvalue weighted by Gasteiger charge is -2.08. The van der Waals surface area contributed by atoms with Gasteiger partial charge in [0, 0.05) is 6.07 Å². The number of alkyl halides is 3. The molecule has 0 aliphatic heterocycles. The molecule has 0 atom stereocenters. The maximum Gasteiger partial charge on any atom is 0.416 e. The highest BCUT2D eigenvalue weighted by molar-refractivity contribution is 9.10. The molecule has 1 aromatic heterocycles. The minimum atomic E-state index is -4.31. The van der Waals surface area contributed by atoms with Crippen molar-refractivity contribution in [3.05, 3.63) is 58.2 Å². The molecule has 0 saturated carbocycles. The lowest BCUT2D eigenvalue weighted by molar-refractivity contribution is -0.137. The number of nitrogens with zero attached hydrogens (tertiary/aromatic N) is 1. The fourth-order valence-corrected chi connectivity index (χ4v) is 1.74. The van der Waals surface area contributed by atoms with Crippen molar-refractivity contribution in [3.8, 4) is 5.88 Å². The predicted molar refractivity (Wildman–Crippen MR) is 67.7 cm³/mol. The number of aromatic nitrogens is 1. The fourth-order valence-electron chi connectivity index (χ4n) is 1.42. The van der Waals surface area contributed by atoms with E-state index in [-0.39, 0.29) is 6.61 Å². The van der Waals surface area contributed by atoms with E-state index >= 15 is 0 Å². The highest BCUT2D eigenvalue weighted by atomic mass is 79.9. The van der Waals surface area contributed by atoms with E-state index in [0.29, 0.717) is 16.0 Å². The summed E-state index contributed by atoms with van der Waals surface area (Å²) in [5.41, 5.74) is -0.0217. The summed E-state index contributed by atoms with van der Waals surface area (Å²) >= 11 is 3.20. The molecule has 0 unspecified atom stereocenters. The zero-order valence-electron chi connectivity index (χ0n) is 9.62. The third-order valence-electron chi connectivity index (χ3n) is 2.36. The zero-order chi connectivity index (χ0) is 13.9. The Hall–Kier alpha value is -1.56. The predicted octanol–water partition coefficient (Wildman–Crippen LogP) is 4.44. The van der Waals surface area contributed by atoms with E-state index < -0.39 is 11.7 Å². The van der Waals surface area contributed by atoms with Crippen LogP contribution in [0.25, 0.3) is 0 Å². The molecule has 0 radical (unpaired) electrons. The average molecular weight is 332 g/mol. The highest BCUT2D eigenvalue weighted by Gasteiger charge is 2.29. The normalized spacial score (nSPS) is 11.4. The number of rotatable bonds is 3. The zero-order valence-corrected chi connectivity index (χ0v) is 11.2. The molecule has 0 aliphatic carbocycles. The van der Waals surface area contributed by atoms with Gasteiger partial charge in [-0.2, -0.15) is 13.2 Å². The van der Waals surface area contributed by atoms with Crippen LogP contribution in [0.3, 0.4) is 0 Å². The maximum atomic E-state index is 12.4. The minimum absolute atomic E-state index is 0.168. The molecule has 100 valence electrons. The smallest absolute Gasteiger partial charge is 0.416 e. The van der Waals surface area contributed by atoms with E-state index in [9.17, 15) is 13.2 Å². The van der Waals surface area contributed by atoms with Crippen molar-refractivity contribution in [1.82, 2.24) is 4.98 Å². The van der Waals surface area contributed by atoms with Gasteiger partial charge in [0.2, 0.25) is 5.88 Å². The Morgan fingerprint density at radius 1 is 1.05 bits per heavy atom. The van der Waals surface area contributed by atoms with Gasteiger partial charge in [-0.1, -0.05) is 18.2 Å². The Balaban J connectivity index is 2.01. The Morgan fingerprint density at radius 3 is 2.32 bits per heavy atom. The molecule has 19 heavy (non-hydrogen) atoms. The summed E-state index contributed by atoms with van der Waals surface area (Å²) in [5.74, 6) is 0.411. The monoisotopic (exact) mass is 331 g/mol. The molecule has 0 fully saturated rings. The summed E-state index contributed by atoms with van der Waals surface area (Å²) in [4.78, 5) is 4.06. The quantitative estimate of drug-likeness (QED) is 0.775. The van der Waals surface area contributed by atoms with E-state index in [0.717, 1.165) is 12.1 Å². The van der Waals surface area contributed by atoms with Crippen molar-refractivity contribution in [2.75, 3.05) is 0 Å². The van der Waals surface area contributed by atoms with Gasteiger partial charge in [0.05, 0.1) is 5.56 Å². The first-order valence-corrected chi connectivity index (χ1v) is 6.16. The number of hydrogen-bond acceptors (Lipinski definition) is 2. The van der Waals surface area contributed by atoms with Crippen LogP contribution in [0, 0.1) is 0 Å². The molecule has 0 saturated heterocycles. The highest BCUT2D eigenvalue weighted by Crippen LogP contribution is 2.29. The van der Waals surface area contributed by atoms with Gasteiger partial charge in [-0.15, -0.1) is 0 Å². The van der Waals surface area contributed by atoms with Crippen LogP contribution in [0.15, 0.2) is 47.1 Å². The largest absolute Gasteiger partial charge is 0.473 e. The van der Waals surface area contributed by atoms with Gasteiger partial charge in [-0.25, -0.2) is 4.98 Å². The summed E-state index contributed by atoms with van der Waals surface area (Å²) in [6, 6.07) is 10.0. The molecule has 2 nitrogen and oxygen atoms in total. The first-order valence-electron chi connectivity index (χ1n) is 5.36. The van der Waals surface area contributed by atoms with Crippen LogP contribution in [-0.2, 0) is 12.8 Å². The van der Waals surface area contributed by atoms with Gasteiger partial charge in [0.15, 0.2) is 0 Å². The van der Waals surface area contributed by atoms with Gasteiger partial charge in [-0.3, -0.25) is 0 Å². The van der Waals surface area contributed by atoms with Crippen molar-refractivity contribution in [2.24, 2.45) is 0 Å². The molecular weight excluding hydrogens is 323 g/mol. The summed E-state index contributed by atoms with van der Waals surface area (Å²) < 4.78 is 43.1. The van der Waals surface area contributed by atoms with Gasteiger partial charge in [0.1, 0.15) is 11.2 Å². The molecular formula is C13H9BrF3NO. The van der Waals surface area contributed by atoms with Crippen molar-refractivity contribution in [3.63, 3.8) is 0 Å². The molecule has 2 rings (SSSR count). The van der Waals surface area contributed by atoms with Crippen LogP contribution in [-0.4, -0.2) is 4.98 Å². The number of ether oxygens (including phenoxy) is 1. The van der Waals surface area contributed by atoms with Crippen LogP contribution >= 0.6 is 15.9 Å². The molecule has 0 aliphatic rings. The van der Waals surface area contributed by atoms with E-state index in [1.807, 2.05) is 0 Å². The van der Waals surface area contributed by atoms with Crippen molar-refractivity contribution in [1.29, 1.82) is 0 Å². The van der Waals surface area contributed by atoms with Crippen molar-refractivity contribution < 1.29 is 17.9 Å². The molecule has 1 aromatic carbocycles. The summed E-state index contributed by atoms with van der Waals surface area (Å²) in [6.45, 7) is 0.168. The summed E-state index contributed by atoms with van der Waals surface area (Å²) in [6.07, 6.45) is -4.31. The van der Waals surface area contributed by atoms with Crippen LogP contribution in [0.5, 0.6) is 5.88 Å². The number of benzene rings is 1. The molecule has 0 amide bonds. The molecule has 0 N–H and O–H groups in total. The van der Waals surface area contributed by atoms with Gasteiger partial charge in [0.25, 0.3) is 0 Å². The van der Waals surface area contributed by atoms with E-state index in [1.165, 1.54) is 12.1 Å². The third-order valence-corrected chi connectivity index (χ3v) is 2.80. The van der Waals surface area contributed by atoms with Crippen molar-refractivity contribution >= 4 is 15.9 Å². The van der Waals surface area contributed by atoms with E-state index in [1.54, 1.807) is 18.2 Å². The fraction of sp³-hybridized carbons (Fsp3) is 0.154. The average Bonchev–Trinajstić information content (AvgIpc) is 2.36. The lowest BCUT2D eigenvalue weighted by Crippen LogP contribution is -2.05. The molecule has 6 heteroatoms. The summed E-state index contributed by atoms with van der Waals surface area (Å²) in [7, 11) is 0. The Bertz CT molecular complexity index is 555. The van der Waals surface area contributed by atoms with E-state index in [2.05, 4.69) is 20.9 Å². The molecule has 2 aromatic rings. The Morgan fingerprint density at radius 2 is 1.74 bits per heavy atom. The minimum Gasteiger partial charge on any atom is -0.473 e. The van der Waals surface area contributed by atoms with Crippen molar-refractivity contribution in [2.45, 2.75) is 12.8 Å². The van der Waals surface area contributed by atoms with Crippen LogP contribution in [0.1, 0.15) is 11.1 Å². The maximum absolute atomic E-state index is 12.4. The molecule has 0 bridgehead atoms. The number of halogens is 4.